The van der Waals surface area contributed by atoms with E-state index >= 15 is 0 Å². The molecule has 0 bridgehead atoms. The molecule has 5 heteroatoms. The van der Waals surface area contributed by atoms with Crippen LogP contribution in [0.4, 0.5) is 4.39 Å². The Morgan fingerprint density at radius 1 is 1.62 bits per heavy atom. The van der Waals surface area contributed by atoms with Gasteiger partial charge in [-0.25, -0.2) is 4.39 Å². The van der Waals surface area contributed by atoms with Crippen molar-refractivity contribution in [2.45, 2.75) is 12.3 Å². The Morgan fingerprint density at radius 2 is 2.25 bits per heavy atom. The first-order chi connectivity index (χ1) is 7.41. The average Bonchev–Trinajstić information content (AvgIpc) is 2.20. The van der Waals surface area contributed by atoms with Crippen LogP contribution in [0, 0.1) is 5.82 Å². The van der Waals surface area contributed by atoms with Crippen LogP contribution < -0.4 is 0 Å². The van der Waals surface area contributed by atoms with Gasteiger partial charge in [-0.3, -0.25) is 4.79 Å². The Morgan fingerprint density at radius 3 is 2.75 bits per heavy atom. The molecule has 1 aromatic rings. The molecule has 0 saturated heterocycles. The van der Waals surface area contributed by atoms with Gasteiger partial charge in [-0.2, -0.15) is 0 Å². The highest BCUT2D eigenvalue weighted by atomic mass is 79.9. The average molecular weight is 309 g/mol. The van der Waals surface area contributed by atoms with Crippen molar-refractivity contribution in [3.63, 3.8) is 0 Å². The monoisotopic (exact) mass is 307 g/mol. The molecule has 0 aliphatic carbocycles. The van der Waals surface area contributed by atoms with Crippen molar-refractivity contribution >= 4 is 33.4 Å². The van der Waals surface area contributed by atoms with Gasteiger partial charge < -0.3 is 4.90 Å². The molecule has 16 heavy (non-hydrogen) atoms. The molecular weight excluding hydrogens is 296 g/mol. The molecule has 0 heterocycles. The summed E-state index contributed by atoms with van der Waals surface area (Å²) in [5.74, 6) is -0.557. The van der Waals surface area contributed by atoms with E-state index in [9.17, 15) is 9.18 Å². The number of hydrogen-bond acceptors (Lipinski definition) is 1. The Labute approximate surface area is 108 Å². The van der Waals surface area contributed by atoms with Crippen LogP contribution in [0.3, 0.4) is 0 Å². The van der Waals surface area contributed by atoms with Gasteiger partial charge in [0.2, 0.25) is 0 Å². The molecule has 1 amide bonds. The van der Waals surface area contributed by atoms with Crippen LogP contribution in [0.5, 0.6) is 0 Å². The summed E-state index contributed by atoms with van der Waals surface area (Å²) in [5, 5.41) is -0.113. The van der Waals surface area contributed by atoms with E-state index in [2.05, 4.69) is 15.9 Å². The van der Waals surface area contributed by atoms with E-state index in [1.807, 2.05) is 6.92 Å². The third-order valence-corrected chi connectivity index (χ3v) is 2.78. The van der Waals surface area contributed by atoms with Crippen LogP contribution >= 0.6 is 27.5 Å². The van der Waals surface area contributed by atoms with E-state index < -0.39 is 0 Å². The molecule has 0 aromatic heterocycles. The number of hydrogen-bond donors (Lipinski definition) is 0. The molecule has 1 unspecified atom stereocenters. The van der Waals surface area contributed by atoms with Crippen LogP contribution in [0.15, 0.2) is 22.7 Å². The second kappa shape index (κ2) is 5.64. The number of nitrogens with zero attached hydrogens (tertiary/aromatic N) is 1. The van der Waals surface area contributed by atoms with Crippen molar-refractivity contribution in [3.8, 4) is 0 Å². The van der Waals surface area contributed by atoms with Crippen molar-refractivity contribution in [2.75, 3.05) is 13.6 Å². The minimum Gasteiger partial charge on any atom is -0.340 e. The molecule has 2 nitrogen and oxygen atoms in total. The fraction of sp³-hybridized carbons (Fsp3) is 0.364. The predicted octanol–water partition coefficient (Wildman–Crippen LogP) is 3.29. The summed E-state index contributed by atoms with van der Waals surface area (Å²) >= 11 is 8.84. The summed E-state index contributed by atoms with van der Waals surface area (Å²) in [5.41, 5.74) is 0.438. The van der Waals surface area contributed by atoms with E-state index in [-0.39, 0.29) is 21.6 Å². The summed E-state index contributed by atoms with van der Waals surface area (Å²) in [6.45, 7) is 2.27. The number of alkyl halides is 1. The summed E-state index contributed by atoms with van der Waals surface area (Å²) in [6.07, 6.45) is 0. The van der Waals surface area contributed by atoms with Gasteiger partial charge in [0.25, 0.3) is 5.91 Å². The lowest BCUT2D eigenvalue weighted by molar-refractivity contribution is 0.0796. The Bertz CT molecular complexity index is 398. The van der Waals surface area contributed by atoms with Crippen molar-refractivity contribution in [3.05, 3.63) is 34.1 Å². The second-order valence-corrected chi connectivity index (χ2v) is 5.19. The second-order valence-electron chi connectivity index (χ2n) is 3.60. The summed E-state index contributed by atoms with van der Waals surface area (Å²) < 4.78 is 13.3. The first-order valence-electron chi connectivity index (χ1n) is 4.76. The summed E-state index contributed by atoms with van der Waals surface area (Å²) in [7, 11) is 1.67. The fourth-order valence-electron chi connectivity index (χ4n) is 1.31. The Kier molecular flexibility index (Phi) is 4.74. The molecule has 88 valence electrons. The smallest absolute Gasteiger partial charge is 0.253 e. The third-order valence-electron chi connectivity index (χ3n) is 2.04. The van der Waals surface area contributed by atoms with Crippen molar-refractivity contribution in [2.24, 2.45) is 0 Å². The van der Waals surface area contributed by atoms with Crippen LogP contribution in [0.2, 0.25) is 0 Å². The van der Waals surface area contributed by atoms with Crippen LogP contribution in [-0.4, -0.2) is 29.8 Å². The molecule has 0 N–H and O–H groups in total. The van der Waals surface area contributed by atoms with Gasteiger partial charge in [0.05, 0.1) is 4.47 Å². The van der Waals surface area contributed by atoms with Gasteiger partial charge in [-0.05, 0) is 41.1 Å². The van der Waals surface area contributed by atoms with E-state index in [0.717, 1.165) is 0 Å². The van der Waals surface area contributed by atoms with Gasteiger partial charge in [-0.15, -0.1) is 11.6 Å². The topological polar surface area (TPSA) is 20.3 Å². The van der Waals surface area contributed by atoms with Gasteiger partial charge in [0, 0.05) is 24.5 Å². The predicted molar refractivity (Wildman–Crippen MR) is 66.4 cm³/mol. The van der Waals surface area contributed by atoms with Crippen LogP contribution in [0.1, 0.15) is 17.3 Å². The third kappa shape index (κ3) is 3.46. The maximum atomic E-state index is 13.0. The summed E-state index contributed by atoms with van der Waals surface area (Å²) in [4.78, 5) is 13.4. The molecule has 0 spiro atoms. The van der Waals surface area contributed by atoms with Crippen molar-refractivity contribution < 1.29 is 9.18 Å². The number of halogens is 3. The quantitative estimate of drug-likeness (QED) is 0.785. The van der Waals surface area contributed by atoms with Crippen molar-refractivity contribution in [1.29, 1.82) is 0 Å². The zero-order valence-corrected chi connectivity index (χ0v) is 11.3. The van der Waals surface area contributed by atoms with E-state index in [4.69, 9.17) is 11.6 Å². The first kappa shape index (κ1) is 13.5. The fourth-order valence-corrected chi connectivity index (χ4v) is 1.90. The molecule has 1 aromatic carbocycles. The number of rotatable bonds is 3. The highest BCUT2D eigenvalue weighted by Gasteiger charge is 2.14. The SMILES string of the molecule is CC(Cl)CN(C)C(=O)c1ccc(F)c(Br)c1. The van der Waals surface area contributed by atoms with E-state index in [0.29, 0.717) is 12.1 Å². The minimum atomic E-state index is -0.384. The molecule has 0 aliphatic rings. The number of carbonyl (C=O) groups is 1. The van der Waals surface area contributed by atoms with Gasteiger partial charge in [-0.1, -0.05) is 0 Å². The number of carbonyl (C=O) groups excluding carboxylic acids is 1. The van der Waals surface area contributed by atoms with E-state index in [1.165, 1.54) is 23.1 Å². The highest BCUT2D eigenvalue weighted by Crippen LogP contribution is 2.17. The molecule has 1 atom stereocenters. The number of amides is 1. The van der Waals surface area contributed by atoms with Gasteiger partial charge in [0.15, 0.2) is 0 Å². The maximum absolute atomic E-state index is 13.0. The standard InChI is InChI=1S/C11H12BrClFNO/c1-7(13)6-15(2)11(16)8-3-4-10(14)9(12)5-8/h3-5,7H,6H2,1-2H3. The Hall–Kier alpha value is -0.610. The molecule has 0 radical (unpaired) electrons. The maximum Gasteiger partial charge on any atom is 0.253 e. The lowest BCUT2D eigenvalue weighted by Gasteiger charge is -2.18. The highest BCUT2D eigenvalue weighted by molar-refractivity contribution is 9.10. The molecule has 0 fully saturated rings. The van der Waals surface area contributed by atoms with Crippen molar-refractivity contribution in [1.82, 2.24) is 4.90 Å². The lowest BCUT2D eigenvalue weighted by atomic mass is 10.2. The molecule has 0 saturated carbocycles. The largest absolute Gasteiger partial charge is 0.340 e. The zero-order valence-electron chi connectivity index (χ0n) is 9.01. The van der Waals surface area contributed by atoms with Crippen LogP contribution in [0.25, 0.3) is 0 Å². The molecule has 0 aliphatic heterocycles. The zero-order chi connectivity index (χ0) is 12.3. The minimum absolute atomic E-state index is 0.113. The first-order valence-corrected chi connectivity index (χ1v) is 5.99. The lowest BCUT2D eigenvalue weighted by Crippen LogP contribution is -2.31. The molecular formula is C11H12BrClFNO. The number of benzene rings is 1. The summed E-state index contributed by atoms with van der Waals surface area (Å²) in [6, 6.07) is 4.18. The van der Waals surface area contributed by atoms with Crippen LogP contribution in [-0.2, 0) is 0 Å². The Balaban J connectivity index is 2.84. The molecule has 1 rings (SSSR count). The van der Waals surface area contributed by atoms with Gasteiger partial charge >= 0.3 is 0 Å². The normalized spacial score (nSPS) is 12.3. The van der Waals surface area contributed by atoms with Gasteiger partial charge in [0.1, 0.15) is 5.82 Å². The van der Waals surface area contributed by atoms with E-state index in [1.54, 1.807) is 7.05 Å².